The van der Waals surface area contributed by atoms with Gasteiger partial charge >= 0.3 is 28.0 Å². The maximum atomic E-state index is 8.74. The third-order valence-electron chi connectivity index (χ3n) is 0. The third-order valence-corrected chi connectivity index (χ3v) is 0. The molecule has 0 aromatic rings. The summed E-state index contributed by atoms with van der Waals surface area (Å²) in [6.07, 6.45) is 0. The fourth-order valence-corrected chi connectivity index (χ4v) is 0. The van der Waals surface area contributed by atoms with Crippen molar-refractivity contribution in [3.8, 4) is 0 Å². The summed E-state index contributed by atoms with van der Waals surface area (Å²) in [5, 5.41) is 0. The largest absolute Gasteiger partial charge is 0 e. The second kappa shape index (κ2) is 9.22. The van der Waals surface area contributed by atoms with E-state index in [-0.39, 0.29) is 35.9 Å². The van der Waals surface area contributed by atoms with Gasteiger partial charge in [-0.05, 0) is 0 Å². The van der Waals surface area contributed by atoms with Crippen LogP contribution in [0, 0.1) is 0 Å². The van der Waals surface area contributed by atoms with Gasteiger partial charge in [0.25, 0.3) is 0 Å². The van der Waals surface area contributed by atoms with Gasteiger partial charge in [0.1, 0.15) is 0 Å². The summed E-state index contributed by atoms with van der Waals surface area (Å²) in [6.45, 7) is 0. The standard InChI is InChI=1S/Li.Mn.H2O3Si.H/c;;1-4(2)3;/h;;1-2H;. The molecule has 0 aliphatic rings. The van der Waals surface area contributed by atoms with Crippen LogP contribution < -0.4 is 0 Å². The van der Waals surface area contributed by atoms with E-state index in [1.165, 1.54) is 0 Å². The molecule has 0 rings (SSSR count). The van der Waals surface area contributed by atoms with Gasteiger partial charge in [0.05, 0.1) is 0 Å². The van der Waals surface area contributed by atoms with Crippen LogP contribution in [0.5, 0.6) is 0 Å². The maximum Gasteiger partial charge on any atom is 0 e. The van der Waals surface area contributed by atoms with Crippen LogP contribution in [0.3, 0.4) is 0 Å². The van der Waals surface area contributed by atoms with E-state index in [0.29, 0.717) is 0 Å². The van der Waals surface area contributed by atoms with E-state index in [4.69, 9.17) is 14.1 Å². The van der Waals surface area contributed by atoms with Gasteiger partial charge < -0.3 is 9.59 Å². The summed E-state index contributed by atoms with van der Waals surface area (Å²) in [5.74, 6) is 0. The molecule has 0 saturated carbocycles. The van der Waals surface area contributed by atoms with Crippen LogP contribution in [0.15, 0.2) is 0 Å². The fourth-order valence-electron chi connectivity index (χ4n) is 0. The van der Waals surface area contributed by atoms with E-state index in [9.17, 15) is 0 Å². The minimum atomic E-state index is -3.13. The third kappa shape index (κ3) is 123. The molecule has 0 aliphatic heterocycles. The Kier molecular flexibility index (Phi) is 24.4. The van der Waals surface area contributed by atoms with E-state index in [1.54, 1.807) is 0 Å². The van der Waals surface area contributed by atoms with Gasteiger partial charge in [-0.15, -0.1) is 0 Å². The summed E-state index contributed by atoms with van der Waals surface area (Å²) in [6, 6.07) is 0. The maximum absolute atomic E-state index is 8.74. The van der Waals surface area contributed by atoms with Crippen molar-refractivity contribution in [3.05, 3.63) is 0 Å². The van der Waals surface area contributed by atoms with Gasteiger partial charge in [0.2, 0.25) is 0 Å². The van der Waals surface area contributed by atoms with Crippen LogP contribution in [-0.4, -0.2) is 37.6 Å². The Morgan fingerprint density at radius 2 is 1.33 bits per heavy atom. The van der Waals surface area contributed by atoms with Crippen molar-refractivity contribution in [1.82, 2.24) is 0 Å². The molecule has 6 heteroatoms. The number of hydrogen-bond acceptors (Lipinski definition) is 1. The molecule has 0 heterocycles. The summed E-state index contributed by atoms with van der Waals surface area (Å²) in [7, 11) is -3.13. The molecule has 1 radical (unpaired) electrons. The Hall–Kier alpha value is 0.734. The van der Waals surface area contributed by atoms with E-state index < -0.39 is 9.17 Å². The van der Waals surface area contributed by atoms with Gasteiger partial charge in [-0.3, -0.25) is 4.46 Å². The van der Waals surface area contributed by atoms with Crippen LogP contribution in [-0.2, 0) is 21.5 Å². The quantitative estimate of drug-likeness (QED) is 0.374. The summed E-state index contributed by atoms with van der Waals surface area (Å²) in [5.41, 5.74) is 0. The summed E-state index contributed by atoms with van der Waals surface area (Å²) >= 11 is 0. The summed E-state index contributed by atoms with van der Waals surface area (Å²) in [4.78, 5) is 14.3. The Balaban J connectivity index is -0.0000000450. The summed E-state index contributed by atoms with van der Waals surface area (Å²) < 4.78 is 8.74. The minimum absolute atomic E-state index is 0. The van der Waals surface area contributed by atoms with Gasteiger partial charge in [0, 0.05) is 17.1 Å². The SMILES string of the molecule is O=[Si](O)O.[LiH].[Mn]. The van der Waals surface area contributed by atoms with Gasteiger partial charge in [0.15, 0.2) is 0 Å². The molecule has 0 saturated heterocycles. The van der Waals surface area contributed by atoms with Crippen molar-refractivity contribution in [1.29, 1.82) is 0 Å². The Bertz CT molecular complexity index is 33.8. The van der Waals surface area contributed by atoms with Crippen molar-refractivity contribution in [2.45, 2.75) is 0 Å². The van der Waals surface area contributed by atoms with Gasteiger partial charge in [-0.1, -0.05) is 0 Å². The predicted molar refractivity (Wildman–Crippen MR) is 18.0 cm³/mol. The van der Waals surface area contributed by atoms with Crippen LogP contribution in [0.1, 0.15) is 0 Å². The molecule has 0 unspecified atom stereocenters. The zero-order valence-electron chi connectivity index (χ0n) is 2.18. The van der Waals surface area contributed by atoms with Gasteiger partial charge in [-0.25, -0.2) is 0 Å². The first-order valence-corrected chi connectivity index (χ1v) is 1.95. The molecule has 33 valence electrons. The van der Waals surface area contributed by atoms with Crippen LogP contribution >= 0.6 is 0 Å². The molecular weight excluding hydrogens is 138 g/mol. The van der Waals surface area contributed by atoms with Crippen LogP contribution in [0.2, 0.25) is 0 Å². The zero-order valence-corrected chi connectivity index (χ0v) is 4.36. The smallest absolute Gasteiger partial charge is 0 e. The Labute approximate surface area is 59.3 Å². The second-order valence-electron chi connectivity index (χ2n) is 0.283. The van der Waals surface area contributed by atoms with E-state index >= 15 is 0 Å². The molecule has 6 heavy (non-hydrogen) atoms. The van der Waals surface area contributed by atoms with Crippen molar-refractivity contribution in [2.75, 3.05) is 0 Å². The molecule has 3 nitrogen and oxygen atoms in total. The van der Waals surface area contributed by atoms with Crippen molar-refractivity contribution in [2.24, 2.45) is 0 Å². The molecular formula is H3LiMnO3Si. The first kappa shape index (κ1) is 15.9. The first-order valence-electron chi connectivity index (χ1n) is 0.651. The Morgan fingerprint density at radius 1 is 1.33 bits per heavy atom. The van der Waals surface area contributed by atoms with Crippen LogP contribution in [0.4, 0.5) is 0 Å². The number of rotatable bonds is 0. The molecule has 0 amide bonds. The molecule has 0 fully saturated rings. The molecule has 0 aromatic heterocycles. The average molecular weight is 141 g/mol. The molecule has 0 spiro atoms. The predicted octanol–water partition coefficient (Wildman–Crippen LogP) is -2.26. The van der Waals surface area contributed by atoms with Crippen molar-refractivity contribution < 1.29 is 31.1 Å². The van der Waals surface area contributed by atoms with E-state index in [1.807, 2.05) is 0 Å². The topological polar surface area (TPSA) is 57.5 Å². The second-order valence-corrected chi connectivity index (χ2v) is 0.848. The minimum Gasteiger partial charge on any atom is 0 e. The molecule has 0 aliphatic carbocycles. The monoisotopic (exact) mass is 141 g/mol. The Morgan fingerprint density at radius 3 is 1.33 bits per heavy atom. The van der Waals surface area contributed by atoms with Crippen molar-refractivity contribution >= 4 is 28.0 Å². The zero-order chi connectivity index (χ0) is 3.58. The average Bonchev–Trinajstić information content (AvgIpc) is 0.811. The van der Waals surface area contributed by atoms with E-state index in [2.05, 4.69) is 0 Å². The molecule has 0 aromatic carbocycles. The first-order chi connectivity index (χ1) is 1.73. The van der Waals surface area contributed by atoms with Gasteiger partial charge in [-0.2, -0.15) is 0 Å². The number of hydrogen-bond donors (Lipinski definition) is 2. The van der Waals surface area contributed by atoms with Crippen LogP contribution in [0.25, 0.3) is 0 Å². The normalized spacial score (nSPS) is 4.00. The molecule has 2 N–H and O–H groups in total. The van der Waals surface area contributed by atoms with Crippen molar-refractivity contribution in [3.63, 3.8) is 0 Å². The molecule has 0 bridgehead atoms. The fraction of sp³-hybridized carbons (Fsp3) is 0. The van der Waals surface area contributed by atoms with E-state index in [0.717, 1.165) is 0 Å². The molecule has 0 atom stereocenters.